The molecule has 192 valence electrons. The standard InChI is InChI=1S/C27H25N7O4/c1-2-37-21-10-8-19(9-11-21)22-16-26(36)33(18-29-22)17-24(35)28-14-15-38-25-13-12-23-30-31-27(34(23)32-25)20-6-4-3-5-7-20/h3-13,16,18H,2,14-15,17H2,1H3,(H,28,35). The van der Waals surface area contributed by atoms with Crippen molar-refractivity contribution < 1.29 is 14.3 Å². The molecule has 11 heteroatoms. The molecule has 5 rings (SSSR count). The summed E-state index contributed by atoms with van der Waals surface area (Å²) >= 11 is 0. The summed E-state index contributed by atoms with van der Waals surface area (Å²) in [5, 5.41) is 15.5. The lowest BCUT2D eigenvalue weighted by Crippen LogP contribution is -2.34. The molecule has 38 heavy (non-hydrogen) atoms. The third kappa shape index (κ3) is 5.67. The van der Waals surface area contributed by atoms with Crippen LogP contribution in [0.5, 0.6) is 11.6 Å². The quantitative estimate of drug-likeness (QED) is 0.284. The number of carbonyl (C=O) groups is 1. The molecule has 5 aromatic rings. The zero-order valence-electron chi connectivity index (χ0n) is 20.7. The van der Waals surface area contributed by atoms with E-state index in [-0.39, 0.29) is 31.2 Å². The van der Waals surface area contributed by atoms with E-state index in [1.54, 1.807) is 16.6 Å². The van der Waals surface area contributed by atoms with Gasteiger partial charge in [0.05, 0.1) is 25.2 Å². The molecular formula is C27H25N7O4. The first-order valence-corrected chi connectivity index (χ1v) is 12.1. The highest BCUT2D eigenvalue weighted by Gasteiger charge is 2.11. The largest absolute Gasteiger partial charge is 0.494 e. The summed E-state index contributed by atoms with van der Waals surface area (Å²) in [5.74, 6) is 1.39. The molecule has 0 fully saturated rings. The Morgan fingerprint density at radius 2 is 1.76 bits per heavy atom. The first kappa shape index (κ1) is 24.6. The fraction of sp³-hybridized carbons (Fsp3) is 0.185. The van der Waals surface area contributed by atoms with E-state index in [9.17, 15) is 9.59 Å². The summed E-state index contributed by atoms with van der Waals surface area (Å²) in [6.45, 7) is 2.76. The number of hydrogen-bond acceptors (Lipinski definition) is 8. The van der Waals surface area contributed by atoms with Crippen LogP contribution in [0.15, 0.2) is 83.9 Å². The Hall–Kier alpha value is -5.06. The second-order valence-electron chi connectivity index (χ2n) is 8.23. The second-order valence-corrected chi connectivity index (χ2v) is 8.23. The van der Waals surface area contributed by atoms with Gasteiger partial charge < -0.3 is 14.8 Å². The number of nitrogens with one attached hydrogen (secondary N) is 1. The van der Waals surface area contributed by atoms with Crippen LogP contribution in [0, 0.1) is 0 Å². The normalized spacial score (nSPS) is 10.9. The number of fused-ring (bicyclic) bond motifs is 1. The average molecular weight is 512 g/mol. The zero-order valence-corrected chi connectivity index (χ0v) is 20.7. The molecule has 0 saturated heterocycles. The molecule has 0 saturated carbocycles. The number of aromatic nitrogens is 6. The van der Waals surface area contributed by atoms with Crippen LogP contribution in [0.3, 0.4) is 0 Å². The van der Waals surface area contributed by atoms with Crippen LogP contribution >= 0.6 is 0 Å². The molecule has 3 aromatic heterocycles. The number of benzene rings is 2. The van der Waals surface area contributed by atoms with Crippen LogP contribution < -0.4 is 20.3 Å². The molecule has 0 atom stereocenters. The van der Waals surface area contributed by atoms with E-state index >= 15 is 0 Å². The fourth-order valence-corrected chi connectivity index (χ4v) is 3.76. The van der Waals surface area contributed by atoms with Crippen molar-refractivity contribution in [3.8, 4) is 34.3 Å². The molecule has 3 heterocycles. The minimum Gasteiger partial charge on any atom is -0.494 e. The average Bonchev–Trinajstić information content (AvgIpc) is 3.37. The first-order valence-electron chi connectivity index (χ1n) is 12.1. The predicted molar refractivity (Wildman–Crippen MR) is 140 cm³/mol. The van der Waals surface area contributed by atoms with Gasteiger partial charge in [0, 0.05) is 23.3 Å². The molecule has 0 aliphatic carbocycles. The van der Waals surface area contributed by atoms with Crippen molar-refractivity contribution >= 4 is 11.6 Å². The molecule has 0 unspecified atom stereocenters. The summed E-state index contributed by atoms with van der Waals surface area (Å²) < 4.78 is 14.0. The van der Waals surface area contributed by atoms with Gasteiger partial charge in [-0.2, -0.15) is 4.52 Å². The second kappa shape index (κ2) is 11.3. The van der Waals surface area contributed by atoms with E-state index in [1.165, 1.54) is 17.0 Å². The molecular weight excluding hydrogens is 486 g/mol. The van der Waals surface area contributed by atoms with E-state index < -0.39 is 0 Å². The Bertz CT molecular complexity index is 1600. The maximum atomic E-state index is 12.5. The van der Waals surface area contributed by atoms with E-state index in [0.29, 0.717) is 29.7 Å². The third-order valence-electron chi connectivity index (χ3n) is 5.60. The smallest absolute Gasteiger partial charge is 0.254 e. The molecule has 1 N–H and O–H groups in total. The van der Waals surface area contributed by atoms with Gasteiger partial charge in [-0.15, -0.1) is 15.3 Å². The van der Waals surface area contributed by atoms with Crippen molar-refractivity contribution in [2.45, 2.75) is 13.5 Å². The van der Waals surface area contributed by atoms with Gasteiger partial charge in [0.25, 0.3) is 5.56 Å². The number of nitrogens with zero attached hydrogens (tertiary/aromatic N) is 6. The van der Waals surface area contributed by atoms with Crippen LogP contribution in [-0.2, 0) is 11.3 Å². The Morgan fingerprint density at radius 1 is 0.947 bits per heavy atom. The third-order valence-corrected chi connectivity index (χ3v) is 5.60. The lowest BCUT2D eigenvalue weighted by Gasteiger charge is -2.09. The minimum atomic E-state index is -0.333. The van der Waals surface area contributed by atoms with Gasteiger partial charge in [-0.1, -0.05) is 30.3 Å². The molecule has 11 nitrogen and oxygen atoms in total. The first-order chi connectivity index (χ1) is 18.6. The topological polar surface area (TPSA) is 126 Å². The van der Waals surface area contributed by atoms with E-state index in [4.69, 9.17) is 9.47 Å². The van der Waals surface area contributed by atoms with Gasteiger partial charge in [0.2, 0.25) is 11.8 Å². The van der Waals surface area contributed by atoms with Gasteiger partial charge in [-0.05, 0) is 37.3 Å². The monoisotopic (exact) mass is 511 g/mol. The lowest BCUT2D eigenvalue weighted by atomic mass is 10.1. The molecule has 0 spiro atoms. The Balaban J connectivity index is 1.14. The molecule has 1 amide bonds. The highest BCUT2D eigenvalue weighted by molar-refractivity contribution is 5.75. The van der Waals surface area contributed by atoms with Gasteiger partial charge in [0.15, 0.2) is 11.5 Å². The maximum Gasteiger partial charge on any atom is 0.254 e. The van der Waals surface area contributed by atoms with Crippen LogP contribution in [0.2, 0.25) is 0 Å². The number of rotatable bonds is 10. The Kier molecular flexibility index (Phi) is 7.34. The summed E-state index contributed by atoms with van der Waals surface area (Å²) in [6, 6.07) is 21.8. The lowest BCUT2D eigenvalue weighted by molar-refractivity contribution is -0.121. The van der Waals surface area contributed by atoms with Crippen molar-refractivity contribution in [1.29, 1.82) is 0 Å². The van der Waals surface area contributed by atoms with Crippen LogP contribution in [0.25, 0.3) is 28.3 Å². The van der Waals surface area contributed by atoms with E-state index in [2.05, 4.69) is 25.6 Å². The van der Waals surface area contributed by atoms with Crippen LogP contribution in [0.4, 0.5) is 0 Å². The number of amides is 1. The minimum absolute atomic E-state index is 0.152. The van der Waals surface area contributed by atoms with E-state index in [0.717, 1.165) is 16.9 Å². The highest BCUT2D eigenvalue weighted by atomic mass is 16.5. The van der Waals surface area contributed by atoms with Gasteiger partial charge in [-0.25, -0.2) is 4.98 Å². The van der Waals surface area contributed by atoms with Crippen molar-refractivity contribution in [3.05, 3.63) is 89.5 Å². The summed E-state index contributed by atoms with van der Waals surface area (Å²) in [7, 11) is 0. The van der Waals surface area contributed by atoms with Crippen molar-refractivity contribution in [2.24, 2.45) is 0 Å². The van der Waals surface area contributed by atoms with Gasteiger partial charge in [-0.3, -0.25) is 14.2 Å². The van der Waals surface area contributed by atoms with Crippen molar-refractivity contribution in [3.63, 3.8) is 0 Å². The SMILES string of the molecule is CCOc1ccc(-c2cc(=O)n(CC(=O)NCCOc3ccc4nnc(-c5ccccc5)n4n3)cn2)cc1. The van der Waals surface area contributed by atoms with E-state index in [1.807, 2.05) is 61.5 Å². The predicted octanol–water partition coefficient (Wildman–Crippen LogP) is 2.61. The van der Waals surface area contributed by atoms with Gasteiger partial charge >= 0.3 is 0 Å². The molecule has 0 aliphatic rings. The molecule has 0 bridgehead atoms. The Morgan fingerprint density at radius 3 is 2.53 bits per heavy atom. The van der Waals surface area contributed by atoms with Crippen molar-refractivity contribution in [2.75, 3.05) is 19.8 Å². The summed E-state index contributed by atoms with van der Waals surface area (Å²) in [6.07, 6.45) is 1.37. The number of ether oxygens (including phenoxy) is 2. The molecule has 0 aliphatic heterocycles. The number of hydrogen-bond donors (Lipinski definition) is 1. The highest BCUT2D eigenvalue weighted by Crippen LogP contribution is 2.20. The summed E-state index contributed by atoms with van der Waals surface area (Å²) in [5.41, 5.74) is 2.46. The maximum absolute atomic E-state index is 12.5. The van der Waals surface area contributed by atoms with Crippen LogP contribution in [-0.4, -0.2) is 55.0 Å². The van der Waals surface area contributed by atoms with Crippen LogP contribution in [0.1, 0.15) is 6.92 Å². The number of carbonyl (C=O) groups excluding carboxylic acids is 1. The summed E-state index contributed by atoms with van der Waals surface area (Å²) in [4.78, 5) is 29.2. The zero-order chi connectivity index (χ0) is 26.3. The fourth-order valence-electron chi connectivity index (χ4n) is 3.76. The molecule has 0 radical (unpaired) electrons. The van der Waals surface area contributed by atoms with Crippen molar-refractivity contribution in [1.82, 2.24) is 34.7 Å². The Labute approximate surface area is 217 Å². The molecule has 2 aromatic carbocycles. The van der Waals surface area contributed by atoms with Gasteiger partial charge in [0.1, 0.15) is 18.9 Å².